The lowest BCUT2D eigenvalue weighted by molar-refractivity contribution is -0.137. The van der Waals surface area contributed by atoms with Gasteiger partial charge in [-0.15, -0.1) is 5.10 Å². The van der Waals surface area contributed by atoms with Gasteiger partial charge in [-0.05, 0) is 24.6 Å². The van der Waals surface area contributed by atoms with Crippen LogP contribution < -0.4 is 4.90 Å². The van der Waals surface area contributed by atoms with E-state index in [2.05, 4.69) is 44.4 Å². The third kappa shape index (κ3) is 4.81. The SMILES string of the molecule is FC(F)(F)c1ccccc1-c1cn(CCCN2CCN(c3ccccc3)CC2)nn1. The van der Waals surface area contributed by atoms with Crippen molar-refractivity contribution >= 4 is 5.69 Å². The quantitative estimate of drug-likeness (QED) is 0.606. The van der Waals surface area contributed by atoms with E-state index in [0.717, 1.165) is 45.2 Å². The van der Waals surface area contributed by atoms with Crippen molar-refractivity contribution in [2.24, 2.45) is 0 Å². The predicted octanol–water partition coefficient (Wildman–Crippen LogP) is 4.18. The lowest BCUT2D eigenvalue weighted by atomic mass is 10.1. The van der Waals surface area contributed by atoms with Crippen molar-refractivity contribution in [1.82, 2.24) is 19.9 Å². The normalized spacial score (nSPS) is 15.5. The van der Waals surface area contributed by atoms with Gasteiger partial charge in [-0.1, -0.05) is 41.6 Å². The number of aromatic nitrogens is 3. The van der Waals surface area contributed by atoms with Crippen molar-refractivity contribution in [1.29, 1.82) is 0 Å². The Morgan fingerprint density at radius 1 is 0.833 bits per heavy atom. The van der Waals surface area contributed by atoms with Gasteiger partial charge in [0.05, 0.1) is 11.8 Å². The summed E-state index contributed by atoms with van der Waals surface area (Å²) < 4.78 is 41.3. The van der Waals surface area contributed by atoms with Gasteiger partial charge in [0.15, 0.2) is 0 Å². The fraction of sp³-hybridized carbons (Fsp3) is 0.364. The predicted molar refractivity (Wildman–Crippen MR) is 110 cm³/mol. The minimum atomic E-state index is -4.41. The molecule has 1 fully saturated rings. The summed E-state index contributed by atoms with van der Waals surface area (Å²) in [6.07, 6.45) is -1.95. The smallest absolute Gasteiger partial charge is 0.369 e. The monoisotopic (exact) mass is 415 g/mol. The van der Waals surface area contributed by atoms with Gasteiger partial charge in [-0.3, -0.25) is 9.58 Å². The average Bonchev–Trinajstić information content (AvgIpc) is 3.23. The molecule has 0 aliphatic carbocycles. The average molecular weight is 415 g/mol. The first-order chi connectivity index (χ1) is 14.5. The molecular formula is C22H24F3N5. The van der Waals surface area contributed by atoms with Crippen LogP contribution in [0.2, 0.25) is 0 Å². The Hall–Kier alpha value is -2.87. The zero-order chi connectivity index (χ0) is 21.0. The van der Waals surface area contributed by atoms with Crippen LogP contribution in [0, 0.1) is 0 Å². The number of halogens is 3. The van der Waals surface area contributed by atoms with Crippen LogP contribution in [0.4, 0.5) is 18.9 Å². The summed E-state index contributed by atoms with van der Waals surface area (Å²) in [7, 11) is 0. The Bertz CT molecular complexity index is 947. The van der Waals surface area contributed by atoms with E-state index in [-0.39, 0.29) is 11.3 Å². The summed E-state index contributed by atoms with van der Waals surface area (Å²) in [5.74, 6) is 0. The molecule has 0 saturated carbocycles. The second kappa shape index (κ2) is 8.87. The molecular weight excluding hydrogens is 391 g/mol. The van der Waals surface area contributed by atoms with Crippen molar-refractivity contribution in [3.05, 3.63) is 66.4 Å². The van der Waals surface area contributed by atoms with Crippen molar-refractivity contribution in [3.63, 3.8) is 0 Å². The molecule has 0 N–H and O–H groups in total. The van der Waals surface area contributed by atoms with Gasteiger partial charge in [0, 0.05) is 50.5 Å². The van der Waals surface area contributed by atoms with Gasteiger partial charge >= 0.3 is 6.18 Å². The van der Waals surface area contributed by atoms with E-state index in [9.17, 15) is 13.2 Å². The minimum Gasteiger partial charge on any atom is -0.369 e. The zero-order valence-electron chi connectivity index (χ0n) is 16.6. The van der Waals surface area contributed by atoms with Crippen LogP contribution in [0.1, 0.15) is 12.0 Å². The van der Waals surface area contributed by atoms with Gasteiger partial charge < -0.3 is 4.90 Å². The van der Waals surface area contributed by atoms with Crippen LogP contribution in [-0.4, -0.2) is 52.6 Å². The maximum atomic E-state index is 13.2. The molecule has 0 bridgehead atoms. The Labute approximate surface area is 173 Å². The van der Waals surface area contributed by atoms with E-state index >= 15 is 0 Å². The molecule has 0 unspecified atom stereocenters. The summed E-state index contributed by atoms with van der Waals surface area (Å²) in [4.78, 5) is 4.80. The molecule has 8 heteroatoms. The molecule has 4 rings (SSSR count). The van der Waals surface area contributed by atoms with Crippen LogP contribution in [0.3, 0.4) is 0 Å². The first-order valence-electron chi connectivity index (χ1n) is 10.1. The molecule has 3 aromatic rings. The van der Waals surface area contributed by atoms with Crippen molar-refractivity contribution in [2.45, 2.75) is 19.1 Å². The van der Waals surface area contributed by atoms with E-state index in [1.54, 1.807) is 16.9 Å². The van der Waals surface area contributed by atoms with E-state index in [0.29, 0.717) is 6.54 Å². The third-order valence-electron chi connectivity index (χ3n) is 5.40. The molecule has 5 nitrogen and oxygen atoms in total. The fourth-order valence-electron chi connectivity index (χ4n) is 3.81. The van der Waals surface area contributed by atoms with Crippen LogP contribution in [-0.2, 0) is 12.7 Å². The molecule has 1 aliphatic heterocycles. The van der Waals surface area contributed by atoms with Gasteiger partial charge in [-0.2, -0.15) is 13.2 Å². The number of anilines is 1. The molecule has 158 valence electrons. The second-order valence-electron chi connectivity index (χ2n) is 7.43. The molecule has 1 saturated heterocycles. The van der Waals surface area contributed by atoms with E-state index < -0.39 is 11.7 Å². The number of para-hydroxylation sites is 1. The van der Waals surface area contributed by atoms with Gasteiger partial charge in [0.25, 0.3) is 0 Å². The third-order valence-corrected chi connectivity index (χ3v) is 5.40. The van der Waals surface area contributed by atoms with Gasteiger partial charge in [-0.25, -0.2) is 0 Å². The Morgan fingerprint density at radius 2 is 1.53 bits per heavy atom. The topological polar surface area (TPSA) is 37.2 Å². The number of piperazine rings is 1. The van der Waals surface area contributed by atoms with Crippen molar-refractivity contribution < 1.29 is 13.2 Å². The van der Waals surface area contributed by atoms with E-state index in [1.165, 1.54) is 17.8 Å². The molecule has 0 atom stereocenters. The number of rotatable bonds is 6. The number of aryl methyl sites for hydroxylation is 1. The summed E-state index contributed by atoms with van der Waals surface area (Å²) >= 11 is 0. The molecule has 2 heterocycles. The first kappa shape index (κ1) is 20.4. The fourth-order valence-corrected chi connectivity index (χ4v) is 3.81. The van der Waals surface area contributed by atoms with Gasteiger partial charge in [0.1, 0.15) is 5.69 Å². The maximum Gasteiger partial charge on any atom is 0.417 e. The molecule has 1 aromatic heterocycles. The first-order valence-corrected chi connectivity index (χ1v) is 10.1. The van der Waals surface area contributed by atoms with Crippen molar-refractivity contribution in [3.8, 4) is 11.3 Å². The summed E-state index contributed by atoms with van der Waals surface area (Å²) in [5.41, 5.74) is 0.882. The number of alkyl halides is 3. The number of hydrogen-bond donors (Lipinski definition) is 0. The van der Waals surface area contributed by atoms with Crippen LogP contribution in [0.5, 0.6) is 0 Å². The number of nitrogens with zero attached hydrogens (tertiary/aromatic N) is 5. The number of benzene rings is 2. The highest BCUT2D eigenvalue weighted by molar-refractivity contribution is 5.63. The Kier molecular flexibility index (Phi) is 6.03. The highest BCUT2D eigenvalue weighted by Gasteiger charge is 2.34. The molecule has 1 aliphatic rings. The van der Waals surface area contributed by atoms with E-state index in [1.807, 2.05) is 6.07 Å². The van der Waals surface area contributed by atoms with Crippen LogP contribution in [0.15, 0.2) is 60.8 Å². The van der Waals surface area contributed by atoms with Crippen LogP contribution >= 0.6 is 0 Å². The van der Waals surface area contributed by atoms with Crippen LogP contribution in [0.25, 0.3) is 11.3 Å². The maximum absolute atomic E-state index is 13.2. The minimum absolute atomic E-state index is 0.0632. The van der Waals surface area contributed by atoms with E-state index in [4.69, 9.17) is 0 Å². The zero-order valence-corrected chi connectivity index (χ0v) is 16.6. The lowest BCUT2D eigenvalue weighted by Crippen LogP contribution is -2.46. The molecule has 0 amide bonds. The Morgan fingerprint density at radius 3 is 2.27 bits per heavy atom. The highest BCUT2D eigenvalue weighted by Crippen LogP contribution is 2.36. The summed E-state index contributed by atoms with van der Waals surface area (Å²) in [6, 6.07) is 15.9. The Balaban J connectivity index is 1.28. The number of hydrogen-bond acceptors (Lipinski definition) is 4. The second-order valence-corrected chi connectivity index (χ2v) is 7.43. The molecule has 30 heavy (non-hydrogen) atoms. The molecule has 2 aromatic carbocycles. The molecule has 0 spiro atoms. The summed E-state index contributed by atoms with van der Waals surface area (Å²) in [6.45, 7) is 5.53. The van der Waals surface area contributed by atoms with Crippen molar-refractivity contribution in [2.75, 3.05) is 37.6 Å². The molecule has 0 radical (unpaired) electrons. The summed E-state index contributed by atoms with van der Waals surface area (Å²) in [5, 5.41) is 7.98. The lowest BCUT2D eigenvalue weighted by Gasteiger charge is -2.36. The standard InChI is InChI=1S/C22H24F3N5/c23-22(24,25)20-10-5-4-9-19(20)21-17-30(27-26-21)12-6-11-28-13-15-29(16-14-28)18-7-2-1-3-8-18/h1-5,7-10,17H,6,11-16H2. The largest absolute Gasteiger partial charge is 0.417 e. The van der Waals surface area contributed by atoms with Gasteiger partial charge in [0.2, 0.25) is 0 Å². The highest BCUT2D eigenvalue weighted by atomic mass is 19.4.